The second-order valence-electron chi connectivity index (χ2n) is 4.84. The minimum atomic E-state index is -0.364. The number of hydrogen-bond acceptors (Lipinski definition) is 5. The van der Waals surface area contributed by atoms with Gasteiger partial charge in [-0.2, -0.15) is 4.98 Å². The molecule has 0 saturated heterocycles. The number of hydrogen-bond donors (Lipinski definition) is 1. The van der Waals surface area contributed by atoms with Gasteiger partial charge in [-0.1, -0.05) is 33.2 Å². The van der Waals surface area contributed by atoms with Crippen LogP contribution in [0.3, 0.4) is 0 Å². The molecule has 0 saturated carbocycles. The van der Waals surface area contributed by atoms with Gasteiger partial charge in [-0.25, -0.2) is 0 Å². The fourth-order valence-corrected chi connectivity index (χ4v) is 2.13. The summed E-state index contributed by atoms with van der Waals surface area (Å²) in [5, 5.41) is 3.91. The van der Waals surface area contributed by atoms with E-state index in [0.717, 1.165) is 10.0 Å². The number of rotatable bonds is 6. The SMILES string of the molecule is CC(C)OCC(N)c1noc(Cc2cccc(Br)c2)n1. The van der Waals surface area contributed by atoms with E-state index >= 15 is 0 Å². The maximum atomic E-state index is 5.96. The number of aromatic nitrogens is 2. The highest BCUT2D eigenvalue weighted by atomic mass is 79.9. The summed E-state index contributed by atoms with van der Waals surface area (Å²) in [6.45, 7) is 4.30. The van der Waals surface area contributed by atoms with Crippen molar-refractivity contribution in [1.82, 2.24) is 10.1 Å². The van der Waals surface area contributed by atoms with Gasteiger partial charge in [-0.3, -0.25) is 0 Å². The molecule has 2 N–H and O–H groups in total. The van der Waals surface area contributed by atoms with Crippen LogP contribution in [0.5, 0.6) is 0 Å². The highest BCUT2D eigenvalue weighted by Crippen LogP contribution is 2.15. The third-order valence-corrected chi connectivity index (χ3v) is 3.16. The van der Waals surface area contributed by atoms with Crippen molar-refractivity contribution in [3.05, 3.63) is 46.0 Å². The molecule has 0 spiro atoms. The van der Waals surface area contributed by atoms with E-state index in [2.05, 4.69) is 26.1 Å². The van der Waals surface area contributed by atoms with Crippen LogP contribution in [-0.4, -0.2) is 22.9 Å². The predicted octanol–water partition coefficient (Wildman–Crippen LogP) is 2.85. The molecule has 0 aliphatic rings. The van der Waals surface area contributed by atoms with Crippen LogP contribution in [0.4, 0.5) is 0 Å². The Morgan fingerprint density at radius 3 is 2.90 bits per heavy atom. The van der Waals surface area contributed by atoms with E-state index in [0.29, 0.717) is 24.7 Å². The first kappa shape index (κ1) is 15.2. The first-order valence-corrected chi connectivity index (χ1v) is 7.28. The van der Waals surface area contributed by atoms with E-state index in [1.54, 1.807) is 0 Å². The van der Waals surface area contributed by atoms with Crippen LogP contribution in [0.25, 0.3) is 0 Å². The van der Waals surface area contributed by atoms with Crippen LogP contribution < -0.4 is 5.73 Å². The molecular weight excluding hydrogens is 322 g/mol. The Morgan fingerprint density at radius 1 is 1.40 bits per heavy atom. The van der Waals surface area contributed by atoms with Crippen molar-refractivity contribution in [2.45, 2.75) is 32.4 Å². The molecule has 20 heavy (non-hydrogen) atoms. The third kappa shape index (κ3) is 4.40. The van der Waals surface area contributed by atoms with Crippen molar-refractivity contribution in [3.8, 4) is 0 Å². The van der Waals surface area contributed by atoms with E-state index in [-0.39, 0.29) is 12.1 Å². The van der Waals surface area contributed by atoms with Crippen molar-refractivity contribution in [2.75, 3.05) is 6.61 Å². The molecule has 1 unspecified atom stereocenters. The average molecular weight is 340 g/mol. The summed E-state index contributed by atoms with van der Waals surface area (Å²) >= 11 is 3.43. The van der Waals surface area contributed by atoms with Gasteiger partial charge in [-0.15, -0.1) is 0 Å². The zero-order valence-corrected chi connectivity index (χ0v) is 13.1. The largest absolute Gasteiger partial charge is 0.377 e. The summed E-state index contributed by atoms with van der Waals surface area (Å²) in [7, 11) is 0. The van der Waals surface area contributed by atoms with Crippen LogP contribution in [0.1, 0.15) is 37.2 Å². The Hall–Kier alpha value is -1.24. The second kappa shape index (κ2) is 6.97. The van der Waals surface area contributed by atoms with E-state index in [9.17, 15) is 0 Å². The monoisotopic (exact) mass is 339 g/mol. The summed E-state index contributed by atoms with van der Waals surface area (Å²) < 4.78 is 11.7. The lowest BCUT2D eigenvalue weighted by Gasteiger charge is -2.10. The van der Waals surface area contributed by atoms with Gasteiger partial charge in [0.2, 0.25) is 5.89 Å². The van der Waals surface area contributed by atoms with Gasteiger partial charge in [0.05, 0.1) is 25.2 Å². The molecular formula is C14H18BrN3O2. The van der Waals surface area contributed by atoms with E-state index in [1.807, 2.05) is 38.1 Å². The molecule has 0 radical (unpaired) electrons. The lowest BCUT2D eigenvalue weighted by Crippen LogP contribution is -2.20. The topological polar surface area (TPSA) is 74.2 Å². The predicted molar refractivity (Wildman–Crippen MR) is 79.3 cm³/mol. The lowest BCUT2D eigenvalue weighted by molar-refractivity contribution is 0.0665. The van der Waals surface area contributed by atoms with Gasteiger partial charge >= 0.3 is 0 Å². The minimum absolute atomic E-state index is 0.133. The average Bonchev–Trinajstić information content (AvgIpc) is 2.84. The van der Waals surface area contributed by atoms with Gasteiger partial charge in [-0.05, 0) is 31.5 Å². The van der Waals surface area contributed by atoms with Gasteiger partial charge in [0.1, 0.15) is 0 Å². The third-order valence-electron chi connectivity index (χ3n) is 2.67. The molecule has 1 heterocycles. The van der Waals surface area contributed by atoms with Crippen LogP contribution in [-0.2, 0) is 11.2 Å². The van der Waals surface area contributed by atoms with Crippen molar-refractivity contribution in [3.63, 3.8) is 0 Å². The molecule has 0 bridgehead atoms. The molecule has 1 aromatic heterocycles. The van der Waals surface area contributed by atoms with Gasteiger partial charge in [0.15, 0.2) is 5.82 Å². The maximum absolute atomic E-state index is 5.96. The quantitative estimate of drug-likeness (QED) is 0.875. The molecule has 2 aromatic rings. The molecule has 0 fully saturated rings. The Labute approximate surface area is 126 Å². The maximum Gasteiger partial charge on any atom is 0.231 e. The highest BCUT2D eigenvalue weighted by molar-refractivity contribution is 9.10. The molecule has 5 nitrogen and oxygen atoms in total. The Balaban J connectivity index is 1.98. The zero-order valence-electron chi connectivity index (χ0n) is 11.5. The summed E-state index contributed by atoms with van der Waals surface area (Å²) in [5.41, 5.74) is 7.06. The smallest absolute Gasteiger partial charge is 0.231 e. The Kier molecular flexibility index (Phi) is 5.28. The molecule has 6 heteroatoms. The Morgan fingerprint density at radius 2 is 2.20 bits per heavy atom. The molecule has 2 rings (SSSR count). The number of nitrogens with zero attached hydrogens (tertiary/aromatic N) is 2. The summed E-state index contributed by atoms with van der Waals surface area (Å²) in [4.78, 5) is 4.31. The number of halogens is 1. The van der Waals surface area contributed by atoms with Crippen molar-refractivity contribution in [1.29, 1.82) is 0 Å². The first-order chi connectivity index (χ1) is 9.54. The lowest BCUT2D eigenvalue weighted by atomic mass is 10.1. The summed E-state index contributed by atoms with van der Waals surface area (Å²) in [6, 6.07) is 7.61. The number of nitrogens with two attached hydrogens (primary N) is 1. The molecule has 0 aliphatic heterocycles. The van der Waals surface area contributed by atoms with Crippen molar-refractivity contribution >= 4 is 15.9 Å². The van der Waals surface area contributed by atoms with Crippen LogP contribution >= 0.6 is 15.9 Å². The van der Waals surface area contributed by atoms with Crippen molar-refractivity contribution in [2.24, 2.45) is 5.73 Å². The van der Waals surface area contributed by atoms with Crippen LogP contribution in [0.2, 0.25) is 0 Å². The standard InChI is InChI=1S/C14H18BrN3O2/c1-9(2)19-8-12(16)14-17-13(20-18-14)7-10-4-3-5-11(15)6-10/h3-6,9,12H,7-8,16H2,1-2H3. The molecule has 0 amide bonds. The second-order valence-corrected chi connectivity index (χ2v) is 5.76. The van der Waals surface area contributed by atoms with Gasteiger partial charge < -0.3 is 15.0 Å². The van der Waals surface area contributed by atoms with Crippen LogP contribution in [0, 0.1) is 0 Å². The van der Waals surface area contributed by atoms with E-state index in [4.69, 9.17) is 15.0 Å². The van der Waals surface area contributed by atoms with Crippen molar-refractivity contribution < 1.29 is 9.26 Å². The molecule has 108 valence electrons. The minimum Gasteiger partial charge on any atom is -0.377 e. The normalized spacial score (nSPS) is 12.8. The molecule has 1 aromatic carbocycles. The summed E-state index contributed by atoms with van der Waals surface area (Å²) in [5.74, 6) is 1.04. The van der Waals surface area contributed by atoms with Gasteiger partial charge in [0, 0.05) is 4.47 Å². The Bertz CT molecular complexity index is 557. The number of benzene rings is 1. The summed E-state index contributed by atoms with van der Waals surface area (Å²) in [6.07, 6.45) is 0.721. The first-order valence-electron chi connectivity index (χ1n) is 6.48. The van der Waals surface area contributed by atoms with E-state index in [1.165, 1.54) is 0 Å². The molecule has 0 aliphatic carbocycles. The fourth-order valence-electron chi connectivity index (χ4n) is 1.68. The fraction of sp³-hybridized carbons (Fsp3) is 0.429. The van der Waals surface area contributed by atoms with Crippen LogP contribution in [0.15, 0.2) is 33.3 Å². The van der Waals surface area contributed by atoms with Gasteiger partial charge in [0.25, 0.3) is 0 Å². The zero-order chi connectivity index (χ0) is 14.5. The molecule has 1 atom stereocenters. The van der Waals surface area contributed by atoms with E-state index < -0.39 is 0 Å². The number of ether oxygens (including phenoxy) is 1. The highest BCUT2D eigenvalue weighted by Gasteiger charge is 2.15.